The number of nitrogens with zero attached hydrogens (tertiary/aromatic N) is 3. The number of H-pyrrole nitrogens is 1. The molecule has 1 amide bonds. The number of nitriles is 1. The van der Waals surface area contributed by atoms with Crippen molar-refractivity contribution in [2.45, 2.75) is 44.3 Å². The predicted molar refractivity (Wildman–Crippen MR) is 93.6 cm³/mol. The smallest absolute Gasteiger partial charge is 0.316 e. The Kier molecular flexibility index (Phi) is 5.06. The van der Waals surface area contributed by atoms with Crippen molar-refractivity contribution in [1.29, 1.82) is 5.26 Å². The molecule has 7 nitrogen and oxygen atoms in total. The molecule has 24 heavy (non-hydrogen) atoms. The highest BCUT2D eigenvalue weighted by atomic mass is 32.2. The van der Waals surface area contributed by atoms with Gasteiger partial charge in [0.05, 0.1) is 11.3 Å². The molecule has 2 N–H and O–H groups in total. The maximum absolute atomic E-state index is 12.2. The lowest BCUT2D eigenvalue weighted by Gasteiger charge is -2.05. The average molecular weight is 363 g/mol. The minimum absolute atomic E-state index is 0.140. The summed E-state index contributed by atoms with van der Waals surface area (Å²) in [6.07, 6.45) is 3.78. The SMILES string of the molecule is CCCn1c(SCC(=O)Nc2sc3c(c2C#N)CCC3)n[nH]c1=O. The summed E-state index contributed by atoms with van der Waals surface area (Å²) in [5.41, 5.74) is 1.43. The number of amides is 1. The van der Waals surface area contributed by atoms with Crippen LogP contribution in [0.3, 0.4) is 0 Å². The molecular weight excluding hydrogens is 346 g/mol. The van der Waals surface area contributed by atoms with Crippen molar-refractivity contribution >= 4 is 34.0 Å². The van der Waals surface area contributed by atoms with Gasteiger partial charge in [0, 0.05) is 11.4 Å². The predicted octanol–water partition coefficient (Wildman–Crippen LogP) is 2.13. The Morgan fingerprint density at radius 3 is 3.12 bits per heavy atom. The zero-order valence-electron chi connectivity index (χ0n) is 13.2. The van der Waals surface area contributed by atoms with Crippen molar-refractivity contribution in [1.82, 2.24) is 14.8 Å². The first kappa shape index (κ1) is 16.8. The fourth-order valence-electron chi connectivity index (χ4n) is 2.74. The van der Waals surface area contributed by atoms with E-state index in [1.54, 1.807) is 0 Å². The first-order valence-corrected chi connectivity index (χ1v) is 9.56. The van der Waals surface area contributed by atoms with Crippen molar-refractivity contribution in [3.8, 4) is 6.07 Å². The fraction of sp³-hybridized carbons (Fsp3) is 0.467. The van der Waals surface area contributed by atoms with Crippen LogP contribution in [0.1, 0.15) is 35.8 Å². The summed E-state index contributed by atoms with van der Waals surface area (Å²) in [6.45, 7) is 2.54. The molecule has 2 aromatic heterocycles. The Bertz CT molecular complexity index is 858. The van der Waals surface area contributed by atoms with Crippen LogP contribution >= 0.6 is 23.1 Å². The summed E-state index contributed by atoms with van der Waals surface area (Å²) in [6, 6.07) is 2.21. The molecule has 3 rings (SSSR count). The minimum atomic E-state index is -0.263. The van der Waals surface area contributed by atoms with E-state index in [0.717, 1.165) is 31.2 Å². The molecule has 0 atom stereocenters. The van der Waals surface area contributed by atoms with Gasteiger partial charge in [-0.05, 0) is 31.2 Å². The highest BCUT2D eigenvalue weighted by Gasteiger charge is 2.23. The van der Waals surface area contributed by atoms with Gasteiger partial charge >= 0.3 is 5.69 Å². The summed E-state index contributed by atoms with van der Waals surface area (Å²) in [4.78, 5) is 25.0. The van der Waals surface area contributed by atoms with Gasteiger partial charge < -0.3 is 5.32 Å². The first-order valence-electron chi connectivity index (χ1n) is 7.76. The molecule has 0 aliphatic heterocycles. The Morgan fingerprint density at radius 2 is 2.38 bits per heavy atom. The zero-order chi connectivity index (χ0) is 17.1. The van der Waals surface area contributed by atoms with Crippen LogP contribution < -0.4 is 11.0 Å². The van der Waals surface area contributed by atoms with E-state index >= 15 is 0 Å². The number of anilines is 1. The Hall–Kier alpha value is -2.05. The normalized spacial score (nSPS) is 12.8. The van der Waals surface area contributed by atoms with Crippen molar-refractivity contribution in [2.24, 2.45) is 0 Å². The van der Waals surface area contributed by atoms with Crippen LogP contribution in [0.15, 0.2) is 9.95 Å². The van der Waals surface area contributed by atoms with Crippen LogP contribution in [-0.2, 0) is 24.2 Å². The van der Waals surface area contributed by atoms with E-state index in [1.165, 1.54) is 32.5 Å². The molecule has 0 radical (unpaired) electrons. The summed E-state index contributed by atoms with van der Waals surface area (Å²) in [7, 11) is 0. The molecular formula is C15H17N5O2S2. The molecule has 0 saturated carbocycles. The monoisotopic (exact) mass is 363 g/mol. The summed E-state index contributed by atoms with van der Waals surface area (Å²) in [5, 5.41) is 19.7. The van der Waals surface area contributed by atoms with Gasteiger partial charge in [0.25, 0.3) is 0 Å². The lowest BCUT2D eigenvalue weighted by molar-refractivity contribution is -0.113. The van der Waals surface area contributed by atoms with Gasteiger partial charge in [0.2, 0.25) is 5.91 Å². The van der Waals surface area contributed by atoms with Gasteiger partial charge in [0.1, 0.15) is 11.1 Å². The van der Waals surface area contributed by atoms with Gasteiger partial charge in [-0.15, -0.1) is 16.4 Å². The second-order valence-electron chi connectivity index (χ2n) is 5.47. The molecule has 0 aromatic carbocycles. The number of aromatic amines is 1. The molecule has 2 heterocycles. The summed E-state index contributed by atoms with van der Waals surface area (Å²) in [5.74, 6) is -0.0588. The van der Waals surface area contributed by atoms with Crippen LogP contribution in [0.25, 0.3) is 0 Å². The molecule has 0 saturated heterocycles. The van der Waals surface area contributed by atoms with E-state index < -0.39 is 0 Å². The van der Waals surface area contributed by atoms with Gasteiger partial charge in [-0.1, -0.05) is 18.7 Å². The number of rotatable bonds is 6. The number of carbonyl (C=O) groups is 1. The van der Waals surface area contributed by atoms with Gasteiger partial charge in [-0.3, -0.25) is 9.36 Å². The van der Waals surface area contributed by atoms with Gasteiger partial charge in [-0.2, -0.15) is 5.26 Å². The molecule has 0 fully saturated rings. The quantitative estimate of drug-likeness (QED) is 0.765. The van der Waals surface area contributed by atoms with Gasteiger partial charge in [0.15, 0.2) is 5.16 Å². The topological polar surface area (TPSA) is 104 Å². The van der Waals surface area contributed by atoms with E-state index in [1.807, 2.05) is 6.92 Å². The second-order valence-corrected chi connectivity index (χ2v) is 7.52. The molecule has 126 valence electrons. The highest BCUT2D eigenvalue weighted by Crippen LogP contribution is 2.38. The number of aryl methyl sites for hydroxylation is 1. The largest absolute Gasteiger partial charge is 0.343 e. The highest BCUT2D eigenvalue weighted by molar-refractivity contribution is 7.99. The number of aromatic nitrogens is 3. The number of hydrogen-bond acceptors (Lipinski definition) is 6. The zero-order valence-corrected chi connectivity index (χ0v) is 14.9. The fourth-order valence-corrected chi connectivity index (χ4v) is 4.77. The van der Waals surface area contributed by atoms with E-state index in [2.05, 4.69) is 21.6 Å². The Labute approximate surface area is 147 Å². The molecule has 0 bridgehead atoms. The standard InChI is InChI=1S/C15H17N5O2S2/c1-2-6-20-14(22)18-19-15(20)23-8-12(21)17-13-10(7-16)9-4-3-5-11(9)24-13/h2-6,8H2,1H3,(H,17,21)(H,18,22). The third-order valence-corrected chi connectivity index (χ3v) is 5.97. The molecule has 2 aromatic rings. The van der Waals surface area contributed by atoms with Crippen LogP contribution in [0, 0.1) is 11.3 Å². The van der Waals surface area contributed by atoms with Crippen molar-refractivity contribution < 1.29 is 4.79 Å². The van der Waals surface area contributed by atoms with Crippen molar-refractivity contribution in [2.75, 3.05) is 11.1 Å². The van der Waals surface area contributed by atoms with Crippen LogP contribution in [-0.4, -0.2) is 26.4 Å². The maximum atomic E-state index is 12.2. The van der Waals surface area contributed by atoms with E-state index in [4.69, 9.17) is 0 Å². The molecule has 0 spiro atoms. The molecule has 9 heteroatoms. The third-order valence-electron chi connectivity index (χ3n) is 3.79. The second kappa shape index (κ2) is 7.23. The summed E-state index contributed by atoms with van der Waals surface area (Å²) >= 11 is 2.71. The number of thiophene rings is 1. The van der Waals surface area contributed by atoms with E-state index in [0.29, 0.717) is 22.3 Å². The lowest BCUT2D eigenvalue weighted by atomic mass is 10.1. The minimum Gasteiger partial charge on any atom is -0.316 e. The van der Waals surface area contributed by atoms with E-state index in [-0.39, 0.29) is 17.3 Å². The molecule has 0 unspecified atom stereocenters. The first-order chi connectivity index (χ1) is 11.6. The molecule has 1 aliphatic carbocycles. The number of hydrogen-bond donors (Lipinski definition) is 2. The maximum Gasteiger partial charge on any atom is 0.343 e. The number of nitrogens with one attached hydrogen (secondary N) is 2. The Balaban J connectivity index is 1.65. The van der Waals surface area contributed by atoms with Crippen molar-refractivity contribution in [3.05, 3.63) is 26.5 Å². The van der Waals surface area contributed by atoms with Crippen LogP contribution in [0.4, 0.5) is 5.00 Å². The lowest BCUT2D eigenvalue weighted by Crippen LogP contribution is -2.18. The number of carbonyl (C=O) groups excluding carboxylic acids is 1. The third kappa shape index (κ3) is 3.25. The summed E-state index contributed by atoms with van der Waals surface area (Å²) < 4.78 is 1.53. The average Bonchev–Trinajstić information content (AvgIpc) is 3.22. The van der Waals surface area contributed by atoms with Gasteiger partial charge in [-0.25, -0.2) is 9.89 Å². The Morgan fingerprint density at radius 1 is 1.54 bits per heavy atom. The van der Waals surface area contributed by atoms with Crippen molar-refractivity contribution in [3.63, 3.8) is 0 Å². The van der Waals surface area contributed by atoms with Crippen LogP contribution in [0.2, 0.25) is 0 Å². The molecule has 1 aliphatic rings. The van der Waals surface area contributed by atoms with Crippen LogP contribution in [0.5, 0.6) is 0 Å². The number of fused-ring (bicyclic) bond motifs is 1. The number of thioether (sulfide) groups is 1. The van der Waals surface area contributed by atoms with E-state index in [9.17, 15) is 14.9 Å².